The van der Waals surface area contributed by atoms with Crippen molar-refractivity contribution in [2.24, 2.45) is 27.1 Å². The fraction of sp³-hybridized carbons (Fsp3) is 0. The summed E-state index contributed by atoms with van der Waals surface area (Å²) < 4.78 is 30.3. The maximum atomic E-state index is 7.55. The van der Waals surface area contributed by atoms with Crippen LogP contribution in [0.5, 0.6) is 0 Å². The van der Waals surface area contributed by atoms with Crippen LogP contribution in [0, 0.1) is 0 Å². The molecule has 1 heterocycles. The summed E-state index contributed by atoms with van der Waals surface area (Å²) in [6, 6.07) is 59.3. The van der Waals surface area contributed by atoms with Crippen LogP contribution >= 0.6 is 107 Å². The highest BCUT2D eigenvalue weighted by molar-refractivity contribution is 8.21. The van der Waals surface area contributed by atoms with Crippen molar-refractivity contribution in [1.82, 2.24) is 0 Å². The SMILES string of the molecule is ClP1(Cl)=NP(Cl)(N=P(c2ccccc2)(c2ccccc2)c2ccccc2)=NP(Cl)(Cl)=NP(Cl)(N=P(c2ccccc2)(c2ccccc2)c2ccccc2)=N1. The third kappa shape index (κ3) is 8.79. The number of hydrogen-bond acceptors (Lipinski definition) is 6. The lowest BCUT2D eigenvalue weighted by atomic mass is 10.4. The number of hydrogen-bond donors (Lipinski definition) is 0. The lowest BCUT2D eigenvalue weighted by Gasteiger charge is -2.30. The Bertz CT molecular complexity index is 2230. The van der Waals surface area contributed by atoms with Crippen molar-refractivity contribution in [2.75, 3.05) is 0 Å². The third-order valence-electron chi connectivity index (χ3n) is 8.16. The molecule has 0 radical (unpaired) electrons. The number of nitrogens with zero attached hydrogens (tertiary/aromatic N) is 6. The summed E-state index contributed by atoms with van der Waals surface area (Å²) in [6.07, 6.45) is 0. The molecule has 7 rings (SSSR count). The molecule has 0 saturated carbocycles. The minimum Gasteiger partial charge on any atom is -0.216 e. The van der Waals surface area contributed by atoms with Gasteiger partial charge < -0.3 is 0 Å². The van der Waals surface area contributed by atoms with E-state index < -0.39 is 39.3 Å². The van der Waals surface area contributed by atoms with E-state index in [1.165, 1.54) is 0 Å². The average Bonchev–Trinajstić information content (AvgIpc) is 3.16. The topological polar surface area (TPSA) is 74.2 Å². The van der Waals surface area contributed by atoms with Gasteiger partial charge in [0.15, 0.2) is 0 Å². The molecule has 0 fully saturated rings. The van der Waals surface area contributed by atoms with E-state index in [9.17, 15) is 0 Å². The van der Waals surface area contributed by atoms with Crippen LogP contribution < -0.4 is 31.8 Å². The zero-order chi connectivity index (χ0) is 37.9. The van der Waals surface area contributed by atoms with E-state index in [0.717, 1.165) is 31.8 Å². The van der Waals surface area contributed by atoms with Crippen LogP contribution in [0.2, 0.25) is 0 Å². The van der Waals surface area contributed by atoms with Crippen LogP contribution in [0.3, 0.4) is 0 Å². The van der Waals surface area contributed by atoms with Crippen LogP contribution in [0.15, 0.2) is 209 Å². The second-order valence-electron chi connectivity index (χ2n) is 11.7. The first-order chi connectivity index (χ1) is 25.9. The Kier molecular flexibility index (Phi) is 12.6. The molecule has 54 heavy (non-hydrogen) atoms. The van der Waals surface area contributed by atoms with Gasteiger partial charge in [0.25, 0.3) is 25.2 Å². The summed E-state index contributed by atoms with van der Waals surface area (Å²) in [5.74, 6) is -7.68. The van der Waals surface area contributed by atoms with E-state index in [4.69, 9.17) is 94.5 Å². The van der Waals surface area contributed by atoms with Gasteiger partial charge in [-0.2, -0.15) is 18.1 Å². The maximum absolute atomic E-state index is 7.55. The Morgan fingerprint density at radius 1 is 0.296 bits per heavy atom. The van der Waals surface area contributed by atoms with Gasteiger partial charge in [-0.15, -0.1) is 0 Å². The molecule has 0 aliphatic carbocycles. The van der Waals surface area contributed by atoms with Crippen molar-refractivity contribution >= 4 is 139 Å². The van der Waals surface area contributed by atoms with Crippen LogP contribution in [0.25, 0.3) is 0 Å². The quantitative estimate of drug-likeness (QED) is 0.136. The minimum absolute atomic E-state index is 0.905. The lowest BCUT2D eigenvalue weighted by molar-refractivity contribution is 1.66. The maximum Gasteiger partial charge on any atom is 0.282 e. The molecule has 0 N–H and O–H groups in total. The predicted molar refractivity (Wildman–Crippen MR) is 248 cm³/mol. The Labute approximate surface area is 345 Å². The summed E-state index contributed by atoms with van der Waals surface area (Å²) in [4.78, 5) is 0. The molecule has 2 atom stereocenters. The van der Waals surface area contributed by atoms with Gasteiger partial charge >= 0.3 is 0 Å². The van der Waals surface area contributed by atoms with Crippen molar-refractivity contribution in [3.8, 4) is 0 Å². The van der Waals surface area contributed by atoms with E-state index >= 15 is 0 Å². The van der Waals surface area contributed by atoms with Gasteiger partial charge in [-0.25, -0.2) is 9.03 Å². The van der Waals surface area contributed by atoms with Crippen LogP contribution in [0.1, 0.15) is 0 Å². The van der Waals surface area contributed by atoms with Gasteiger partial charge in [0.2, 0.25) is 0 Å². The van der Waals surface area contributed by atoms with E-state index in [1.807, 2.05) is 182 Å². The summed E-state index contributed by atoms with van der Waals surface area (Å²) in [6.45, 7) is -7.74. The van der Waals surface area contributed by atoms with Crippen LogP contribution in [-0.4, -0.2) is 0 Å². The van der Waals surface area contributed by atoms with Gasteiger partial charge in [-0.3, -0.25) is 0 Å². The molecule has 6 aromatic rings. The zero-order valence-corrected chi connectivity index (χ0v) is 37.9. The first-order valence-corrected chi connectivity index (χ1v) is 31.8. The normalized spacial score (nSPS) is 20.7. The number of benzene rings is 6. The van der Waals surface area contributed by atoms with Crippen molar-refractivity contribution in [2.45, 2.75) is 0 Å². The molecule has 6 nitrogen and oxygen atoms in total. The van der Waals surface area contributed by atoms with E-state index in [1.54, 1.807) is 0 Å². The Morgan fingerprint density at radius 3 is 0.667 bits per heavy atom. The molecule has 6 aromatic carbocycles. The third-order valence-corrected chi connectivity index (χ3v) is 34.0. The average molecular weight is 945 g/mol. The smallest absolute Gasteiger partial charge is 0.216 e. The monoisotopic (exact) mass is 942 g/mol. The van der Waals surface area contributed by atoms with Crippen LogP contribution in [0.4, 0.5) is 0 Å². The highest BCUT2D eigenvalue weighted by atomic mass is 35.9. The van der Waals surface area contributed by atoms with Gasteiger partial charge in [-0.1, -0.05) is 182 Å². The Balaban J connectivity index is 1.59. The molecule has 0 amide bonds. The first kappa shape index (κ1) is 40.6. The minimum atomic E-state index is -3.87. The molecule has 1 aliphatic heterocycles. The van der Waals surface area contributed by atoms with Gasteiger partial charge in [0.05, 0.1) is 14.1 Å². The summed E-state index contributed by atoms with van der Waals surface area (Å²) in [7, 11) is -5.98. The molecule has 0 spiro atoms. The largest absolute Gasteiger partial charge is 0.282 e. The fourth-order valence-electron chi connectivity index (χ4n) is 6.10. The molecule has 0 bridgehead atoms. The number of halogens is 6. The second-order valence-corrected chi connectivity index (χ2v) is 34.9. The van der Waals surface area contributed by atoms with Gasteiger partial charge in [-0.05, 0) is 67.4 Å². The molecule has 0 aromatic heterocycles. The second kappa shape index (κ2) is 16.7. The Morgan fingerprint density at radius 2 is 0.481 bits per heavy atom. The predicted octanol–water partition coefficient (Wildman–Crippen LogP) is 15.6. The van der Waals surface area contributed by atoms with E-state index in [0.29, 0.717) is 0 Å². The van der Waals surface area contributed by atoms with Crippen LogP contribution in [-0.2, 0) is 0 Å². The molecule has 18 heteroatoms. The highest BCUT2D eigenvalue weighted by Crippen LogP contribution is 2.88. The lowest BCUT2D eigenvalue weighted by Crippen LogP contribution is -2.25. The van der Waals surface area contributed by atoms with Gasteiger partial charge in [0.1, 0.15) is 0 Å². The van der Waals surface area contributed by atoms with Gasteiger partial charge in [0, 0.05) is 31.8 Å². The molecule has 276 valence electrons. The molecule has 0 saturated heterocycles. The van der Waals surface area contributed by atoms with E-state index in [-0.39, 0.29) is 0 Å². The van der Waals surface area contributed by atoms with Crippen molar-refractivity contribution in [1.29, 1.82) is 0 Å². The van der Waals surface area contributed by atoms with Crippen molar-refractivity contribution in [3.63, 3.8) is 0 Å². The zero-order valence-electron chi connectivity index (χ0n) is 28.0. The summed E-state index contributed by atoms with van der Waals surface area (Å²) in [5.41, 5.74) is 0. The standard InChI is InChI=1S/C36H30Cl6N6P6/c37-51(38)45-53(41,43-49(31-19-7-1-8-20-31,32-21-9-2-10-22-32)33-23-11-3-12-24-33)46-52(39,40)48-54(42,47-51)44-50(34-25-13-4-14-26-34,35-27-15-5-16-28-35)36-29-17-6-18-30-36/h1-30H. The molecular weight excluding hydrogens is 915 g/mol. The highest BCUT2D eigenvalue weighted by Gasteiger charge is 2.39. The van der Waals surface area contributed by atoms with Crippen molar-refractivity contribution < 1.29 is 0 Å². The summed E-state index contributed by atoms with van der Waals surface area (Å²) in [5, 5.41) is 5.43. The molecular formula is C36H30Cl6N6P6. The fourth-order valence-corrected chi connectivity index (χ4v) is 39.4. The first-order valence-electron chi connectivity index (χ1n) is 16.2. The number of rotatable bonds is 8. The van der Waals surface area contributed by atoms with E-state index in [2.05, 4.69) is 0 Å². The molecule has 2 unspecified atom stereocenters. The summed E-state index contributed by atoms with van der Waals surface area (Å²) >= 11 is 43.8. The van der Waals surface area contributed by atoms with Crippen molar-refractivity contribution in [3.05, 3.63) is 182 Å². The Hall–Kier alpha value is -1.56. The molecule has 1 aliphatic rings.